The summed E-state index contributed by atoms with van der Waals surface area (Å²) in [5, 5.41) is 33.5. The fourth-order valence-electron chi connectivity index (χ4n) is 1.69. The number of carboxylic acid groups (broad SMARTS) is 4. The van der Waals surface area contributed by atoms with Gasteiger partial charge in [-0.3, -0.25) is 19.2 Å². The maximum absolute atomic E-state index is 10.4. The maximum Gasteiger partial charge on any atom is 2.00 e. The van der Waals surface area contributed by atoms with Gasteiger partial charge in [0.1, 0.15) is 0 Å². The molecule has 0 amide bonds. The van der Waals surface area contributed by atoms with Crippen molar-refractivity contribution in [2.45, 2.75) is 39.5 Å². The Kier molecular flexibility index (Phi) is 13.2. The summed E-state index contributed by atoms with van der Waals surface area (Å²) in [4.78, 5) is 41.0. The molecule has 8 N–H and O–H groups in total. The predicted octanol–water partition coefficient (Wildman–Crippen LogP) is 2.33. The molecule has 0 aromatic carbocycles. The first-order valence-corrected chi connectivity index (χ1v) is 5.63. The van der Waals surface area contributed by atoms with Gasteiger partial charge < -0.3 is 32.7 Å². The van der Waals surface area contributed by atoms with Gasteiger partial charge in [-0.1, -0.05) is 7.43 Å². The SMILES string of the molecule is C.O=C(O)C1(C(=O)O)CC1.O=C(O)C1(C(=O)O)CCC1.[NH2-].[NH2-].[Pt+2]. The molecule has 0 aliphatic heterocycles. The Morgan fingerprint density at radius 1 is 0.609 bits per heavy atom. The second kappa shape index (κ2) is 10.3. The quantitative estimate of drug-likeness (QED) is 0.405. The Morgan fingerprint density at radius 2 is 0.826 bits per heavy atom. The van der Waals surface area contributed by atoms with E-state index in [1.807, 2.05) is 0 Å². The molecule has 2 aliphatic rings. The molecule has 2 saturated carbocycles. The molecule has 2 rings (SSSR count). The third kappa shape index (κ3) is 5.56. The van der Waals surface area contributed by atoms with E-state index >= 15 is 0 Å². The first-order chi connectivity index (χ1) is 8.69. The van der Waals surface area contributed by atoms with Crippen LogP contribution in [0.2, 0.25) is 0 Å². The Balaban J connectivity index is -0.000000134. The Hall–Kier alpha value is -1.51. The first-order valence-electron chi connectivity index (χ1n) is 5.63. The number of carbonyl (C=O) groups is 4. The Bertz CT molecular complexity index is 414. The normalized spacial score (nSPS) is 17.4. The van der Waals surface area contributed by atoms with Crippen LogP contribution in [-0.2, 0) is 40.2 Å². The minimum absolute atomic E-state index is 0. The molecule has 11 heteroatoms. The standard InChI is InChI=1S/C6H8O4.C5H6O4.CH4.2H2N.Pt/c7-4(8)6(5(9)10)2-1-3-6;6-3(7)5(1-2-5)4(8)9;;;;/h1-3H2,(H,7,8)(H,9,10);1-2H2,(H,6,7)(H,8,9);1H4;2*1H2;/q;;;2*-1;+2. The van der Waals surface area contributed by atoms with Gasteiger partial charge in [0.25, 0.3) is 0 Å². The zero-order valence-corrected chi connectivity index (χ0v) is 13.7. The Labute approximate surface area is 147 Å². The molecule has 0 saturated heterocycles. The van der Waals surface area contributed by atoms with Crippen LogP contribution in [0.15, 0.2) is 0 Å². The number of rotatable bonds is 4. The van der Waals surface area contributed by atoms with Crippen LogP contribution in [-0.4, -0.2) is 44.3 Å². The average molecular weight is 517 g/mol. The molecule has 138 valence electrons. The van der Waals surface area contributed by atoms with E-state index in [-0.39, 0.29) is 66.5 Å². The van der Waals surface area contributed by atoms with Crippen LogP contribution in [0.3, 0.4) is 0 Å². The molecule has 0 spiro atoms. The molecular weight excluding hydrogens is 495 g/mol. The molecule has 0 atom stereocenters. The van der Waals surface area contributed by atoms with Crippen LogP contribution in [0.1, 0.15) is 39.5 Å². The van der Waals surface area contributed by atoms with Crippen molar-refractivity contribution in [3.63, 3.8) is 0 Å². The van der Waals surface area contributed by atoms with Gasteiger partial charge >= 0.3 is 44.9 Å². The van der Waals surface area contributed by atoms with Gasteiger partial charge in [-0.25, -0.2) is 0 Å². The summed E-state index contributed by atoms with van der Waals surface area (Å²) < 4.78 is 0. The fourth-order valence-corrected chi connectivity index (χ4v) is 1.69. The summed E-state index contributed by atoms with van der Waals surface area (Å²) in [6.07, 6.45) is 1.81. The van der Waals surface area contributed by atoms with E-state index in [9.17, 15) is 19.2 Å². The van der Waals surface area contributed by atoms with Crippen LogP contribution in [0.25, 0.3) is 12.3 Å². The van der Waals surface area contributed by atoms with E-state index in [1.54, 1.807) is 0 Å². The minimum Gasteiger partial charge on any atom is -0.693 e. The summed E-state index contributed by atoms with van der Waals surface area (Å²) in [6.45, 7) is 0. The zero-order chi connectivity index (χ0) is 14.8. The van der Waals surface area contributed by atoms with Gasteiger partial charge in [-0.2, -0.15) is 0 Å². The zero-order valence-electron chi connectivity index (χ0n) is 11.4. The summed E-state index contributed by atoms with van der Waals surface area (Å²) in [5.74, 6) is -4.83. The third-order valence-corrected chi connectivity index (χ3v) is 3.59. The summed E-state index contributed by atoms with van der Waals surface area (Å²) >= 11 is 0. The van der Waals surface area contributed by atoms with E-state index in [0.717, 1.165) is 0 Å². The number of nitrogens with two attached hydrogens (primary N) is 2. The van der Waals surface area contributed by atoms with E-state index in [0.29, 0.717) is 6.42 Å². The largest absolute Gasteiger partial charge is 2.00 e. The van der Waals surface area contributed by atoms with E-state index in [2.05, 4.69) is 0 Å². The molecule has 0 bridgehead atoms. The summed E-state index contributed by atoms with van der Waals surface area (Å²) in [6, 6.07) is 0. The minimum atomic E-state index is -1.44. The van der Waals surface area contributed by atoms with Crippen molar-refractivity contribution in [1.29, 1.82) is 0 Å². The molecule has 0 aromatic heterocycles. The van der Waals surface area contributed by atoms with Crippen LogP contribution < -0.4 is 0 Å². The third-order valence-electron chi connectivity index (χ3n) is 3.59. The van der Waals surface area contributed by atoms with Crippen LogP contribution in [0.5, 0.6) is 0 Å². The van der Waals surface area contributed by atoms with Crippen LogP contribution in [0, 0.1) is 10.8 Å². The summed E-state index contributed by atoms with van der Waals surface area (Å²) in [7, 11) is 0. The van der Waals surface area contributed by atoms with Crippen molar-refractivity contribution in [3.05, 3.63) is 12.3 Å². The first kappa shape index (κ1) is 29.5. The molecular formula is C12H22N2O8Pt. The van der Waals surface area contributed by atoms with Gasteiger partial charge in [0.2, 0.25) is 0 Å². The van der Waals surface area contributed by atoms with E-state index in [4.69, 9.17) is 20.4 Å². The van der Waals surface area contributed by atoms with Crippen molar-refractivity contribution in [3.8, 4) is 0 Å². The number of hydrogen-bond acceptors (Lipinski definition) is 4. The predicted molar refractivity (Wildman–Crippen MR) is 75.8 cm³/mol. The van der Waals surface area contributed by atoms with Crippen molar-refractivity contribution in [1.82, 2.24) is 0 Å². The second-order valence-corrected chi connectivity index (χ2v) is 4.74. The van der Waals surface area contributed by atoms with Crippen LogP contribution in [0.4, 0.5) is 0 Å². The molecule has 10 nitrogen and oxygen atoms in total. The Morgan fingerprint density at radius 3 is 0.826 bits per heavy atom. The molecule has 0 radical (unpaired) electrons. The second-order valence-electron chi connectivity index (χ2n) is 4.74. The van der Waals surface area contributed by atoms with Crippen molar-refractivity contribution in [2.24, 2.45) is 10.8 Å². The van der Waals surface area contributed by atoms with E-state index < -0.39 is 34.7 Å². The maximum atomic E-state index is 10.4. The van der Waals surface area contributed by atoms with E-state index in [1.165, 1.54) is 0 Å². The monoisotopic (exact) mass is 517 g/mol. The van der Waals surface area contributed by atoms with Gasteiger partial charge in [0.05, 0.1) is 0 Å². The molecule has 0 heterocycles. The van der Waals surface area contributed by atoms with Crippen molar-refractivity contribution >= 4 is 23.9 Å². The van der Waals surface area contributed by atoms with Gasteiger partial charge in [0.15, 0.2) is 10.8 Å². The molecule has 0 unspecified atom stereocenters. The molecule has 0 aromatic rings. The van der Waals surface area contributed by atoms with Crippen molar-refractivity contribution < 1.29 is 60.7 Å². The fraction of sp³-hybridized carbons (Fsp3) is 0.667. The smallest absolute Gasteiger partial charge is 0.693 e. The van der Waals surface area contributed by atoms with Gasteiger partial charge in [-0.15, -0.1) is 0 Å². The van der Waals surface area contributed by atoms with Crippen LogP contribution >= 0.6 is 0 Å². The van der Waals surface area contributed by atoms with Gasteiger partial charge in [0, 0.05) is 0 Å². The van der Waals surface area contributed by atoms with Crippen molar-refractivity contribution in [2.75, 3.05) is 0 Å². The molecule has 2 fully saturated rings. The number of hydrogen-bond donors (Lipinski definition) is 4. The topological polar surface area (TPSA) is 216 Å². The average Bonchev–Trinajstić information content (AvgIpc) is 2.94. The molecule has 2 aliphatic carbocycles. The van der Waals surface area contributed by atoms with Gasteiger partial charge in [-0.05, 0) is 32.1 Å². The number of carboxylic acids is 4. The molecule has 23 heavy (non-hydrogen) atoms. The number of aliphatic carboxylic acids is 4. The summed E-state index contributed by atoms with van der Waals surface area (Å²) in [5.41, 5.74) is -2.86.